The summed E-state index contributed by atoms with van der Waals surface area (Å²) in [6.45, 7) is 2.97. The fourth-order valence-corrected chi connectivity index (χ4v) is 3.93. The van der Waals surface area contributed by atoms with Gasteiger partial charge in [-0.15, -0.1) is 4.99 Å². The normalized spacial score (nSPS) is 11.3. The number of Topliss-reactive ketones (excluding diaryl/α,β-unsaturated/α-hetero) is 1. The number of methoxy groups -OCH3 is 2. The molecule has 3 amide bonds. The summed E-state index contributed by atoms with van der Waals surface area (Å²) in [6.07, 6.45) is -1.91. The van der Waals surface area contributed by atoms with E-state index in [-0.39, 0.29) is 33.4 Å². The van der Waals surface area contributed by atoms with E-state index in [1.807, 2.05) is 0 Å². The average molecular weight is 505 g/mol. The summed E-state index contributed by atoms with van der Waals surface area (Å²) in [5.41, 5.74) is 0.495. The number of ketones is 1. The van der Waals surface area contributed by atoms with Gasteiger partial charge in [-0.05, 0) is 37.3 Å². The van der Waals surface area contributed by atoms with Crippen LogP contribution >= 0.6 is 0 Å². The van der Waals surface area contributed by atoms with E-state index in [0.717, 1.165) is 14.2 Å². The molecule has 3 N–H and O–H groups in total. The van der Waals surface area contributed by atoms with Crippen LogP contribution in [0.4, 0.5) is 21.0 Å². The van der Waals surface area contributed by atoms with Crippen molar-refractivity contribution in [3.63, 3.8) is 0 Å². The number of benzene rings is 2. The maximum Gasteiger partial charge on any atom is 0.436 e. The zero-order valence-corrected chi connectivity index (χ0v) is 20.2. The molecule has 0 radical (unpaired) electrons. The van der Waals surface area contributed by atoms with E-state index in [1.165, 1.54) is 49.4 Å². The van der Waals surface area contributed by atoms with Crippen LogP contribution in [0.2, 0.25) is 0 Å². The molecule has 0 spiro atoms. The van der Waals surface area contributed by atoms with Crippen molar-refractivity contribution in [3.8, 4) is 0 Å². The third-order valence-corrected chi connectivity index (χ3v) is 6.27. The van der Waals surface area contributed by atoms with E-state index in [9.17, 15) is 27.6 Å². The molecule has 35 heavy (non-hydrogen) atoms. The van der Waals surface area contributed by atoms with E-state index >= 15 is 0 Å². The zero-order valence-electron chi connectivity index (χ0n) is 19.4. The summed E-state index contributed by atoms with van der Waals surface area (Å²) in [5, 5.41) is 7.38. The number of carbonyl (C=O) groups excluding carboxylic acids is 4. The van der Waals surface area contributed by atoms with Gasteiger partial charge in [0.15, 0.2) is 5.78 Å². The van der Waals surface area contributed by atoms with Crippen LogP contribution in [0, 0.1) is 0 Å². The molecule has 2 aromatic carbocycles. The van der Waals surface area contributed by atoms with Crippen molar-refractivity contribution in [3.05, 3.63) is 48.0 Å². The van der Waals surface area contributed by atoms with Crippen LogP contribution in [0.1, 0.15) is 30.6 Å². The molecule has 0 aromatic heterocycles. The van der Waals surface area contributed by atoms with Crippen molar-refractivity contribution >= 4 is 51.0 Å². The number of carbonyl (C=O) groups is 4. The van der Waals surface area contributed by atoms with E-state index in [1.54, 1.807) is 6.92 Å². The predicted molar refractivity (Wildman–Crippen MR) is 126 cm³/mol. The molecular formula is C22H24N4O8S. The molecule has 0 saturated heterocycles. The van der Waals surface area contributed by atoms with Crippen LogP contribution in [0.15, 0.2) is 57.2 Å². The van der Waals surface area contributed by atoms with Gasteiger partial charge in [0.1, 0.15) is 0 Å². The van der Waals surface area contributed by atoms with Crippen molar-refractivity contribution in [1.29, 1.82) is 0 Å². The molecule has 2 rings (SSSR count). The molecule has 0 bridgehead atoms. The molecule has 12 nitrogen and oxygen atoms in total. The molecule has 0 aliphatic heterocycles. The number of rotatable bonds is 6. The smallest absolute Gasteiger partial charge is 0.436 e. The first kappa shape index (κ1) is 27.0. The number of guanidine groups is 1. The summed E-state index contributed by atoms with van der Waals surface area (Å²) < 4.78 is 35.2. The zero-order chi connectivity index (χ0) is 26.2. The third-order valence-electron chi connectivity index (χ3n) is 4.50. The summed E-state index contributed by atoms with van der Waals surface area (Å²) >= 11 is 0. The minimum absolute atomic E-state index is 0.0301. The van der Waals surface area contributed by atoms with Crippen molar-refractivity contribution in [1.82, 2.24) is 5.32 Å². The topological polar surface area (TPSA) is 169 Å². The highest BCUT2D eigenvalue weighted by molar-refractivity contribution is 7.91. The molecule has 0 unspecified atom stereocenters. The highest BCUT2D eigenvalue weighted by Crippen LogP contribution is 2.29. The minimum atomic E-state index is -4.02. The SMILES string of the molecule is CCC(=O)Nc1cc(S(=O)(=O)c2ccc(C(C)=O)cc2)ccc1NC(=NC(=O)OC)NC(=O)OC. The number of amides is 3. The standard InChI is InChI=1S/C22H24N4O8S/c1-5-19(28)23-18-12-16(35(31,32)15-8-6-14(7-9-15)13(2)27)10-11-17(18)24-20(25-21(29)33-3)26-22(30)34-4/h6-12H,5H2,1-4H3,(H,23,28)(H2,24,25,26,29,30). The minimum Gasteiger partial charge on any atom is -0.453 e. The average Bonchev–Trinajstić information content (AvgIpc) is 2.84. The fraction of sp³-hybridized carbons (Fsp3) is 0.227. The van der Waals surface area contributed by atoms with Gasteiger partial charge >= 0.3 is 12.2 Å². The van der Waals surface area contributed by atoms with Gasteiger partial charge < -0.3 is 20.1 Å². The number of nitrogens with zero attached hydrogens (tertiary/aromatic N) is 1. The fourth-order valence-electron chi connectivity index (χ4n) is 2.65. The number of alkyl carbamates (subject to hydrolysis) is 1. The number of anilines is 2. The molecule has 13 heteroatoms. The Morgan fingerprint density at radius 1 is 0.886 bits per heavy atom. The van der Waals surface area contributed by atoms with Gasteiger partial charge in [0.25, 0.3) is 0 Å². The first-order chi connectivity index (χ1) is 16.5. The van der Waals surface area contributed by atoms with Gasteiger partial charge in [-0.25, -0.2) is 18.0 Å². The van der Waals surface area contributed by atoms with Crippen molar-refractivity contribution in [2.24, 2.45) is 4.99 Å². The van der Waals surface area contributed by atoms with Crippen LogP contribution in [0.3, 0.4) is 0 Å². The lowest BCUT2D eigenvalue weighted by molar-refractivity contribution is -0.115. The molecule has 0 heterocycles. The van der Waals surface area contributed by atoms with Crippen molar-refractivity contribution in [2.45, 2.75) is 30.1 Å². The van der Waals surface area contributed by atoms with Crippen LogP contribution < -0.4 is 16.0 Å². The van der Waals surface area contributed by atoms with E-state index in [2.05, 4.69) is 30.4 Å². The Kier molecular flexibility index (Phi) is 9.05. The van der Waals surface area contributed by atoms with Crippen molar-refractivity contribution in [2.75, 3.05) is 24.9 Å². The number of hydrogen-bond acceptors (Lipinski definition) is 8. The molecule has 0 atom stereocenters. The van der Waals surface area contributed by atoms with Gasteiger partial charge in [0.05, 0.1) is 35.4 Å². The lowest BCUT2D eigenvalue weighted by Gasteiger charge is -2.16. The summed E-state index contributed by atoms with van der Waals surface area (Å²) in [5.74, 6) is -1.04. The maximum atomic E-state index is 13.1. The molecule has 0 aliphatic carbocycles. The van der Waals surface area contributed by atoms with Crippen LogP contribution in [0.25, 0.3) is 0 Å². The van der Waals surface area contributed by atoms with Gasteiger partial charge in [-0.3, -0.25) is 14.9 Å². The largest absolute Gasteiger partial charge is 0.453 e. The summed E-state index contributed by atoms with van der Waals surface area (Å²) in [6, 6.07) is 9.20. The number of ether oxygens (including phenoxy) is 2. The van der Waals surface area contributed by atoms with Gasteiger partial charge in [0, 0.05) is 12.0 Å². The summed E-state index contributed by atoms with van der Waals surface area (Å²) in [7, 11) is -1.84. The highest BCUT2D eigenvalue weighted by atomic mass is 32.2. The Bertz CT molecular complexity index is 1270. The van der Waals surface area contributed by atoms with Gasteiger partial charge in [0.2, 0.25) is 21.7 Å². The van der Waals surface area contributed by atoms with Crippen LogP contribution in [-0.4, -0.2) is 52.5 Å². The van der Waals surface area contributed by atoms with Gasteiger partial charge in [-0.2, -0.15) is 0 Å². The molecule has 2 aromatic rings. The lowest BCUT2D eigenvalue weighted by Crippen LogP contribution is -2.36. The Morgan fingerprint density at radius 2 is 1.51 bits per heavy atom. The van der Waals surface area contributed by atoms with E-state index < -0.39 is 33.9 Å². The lowest BCUT2D eigenvalue weighted by atomic mass is 10.2. The Balaban J connectivity index is 2.53. The van der Waals surface area contributed by atoms with Gasteiger partial charge in [-0.1, -0.05) is 19.1 Å². The number of nitrogens with one attached hydrogen (secondary N) is 3. The first-order valence-electron chi connectivity index (χ1n) is 10.1. The maximum absolute atomic E-state index is 13.1. The van der Waals surface area contributed by atoms with Crippen LogP contribution in [0.5, 0.6) is 0 Å². The highest BCUT2D eigenvalue weighted by Gasteiger charge is 2.21. The van der Waals surface area contributed by atoms with Crippen LogP contribution in [-0.2, 0) is 24.1 Å². The second-order valence-electron chi connectivity index (χ2n) is 6.87. The molecule has 0 aliphatic rings. The second-order valence-corrected chi connectivity index (χ2v) is 8.81. The molecule has 0 fully saturated rings. The van der Waals surface area contributed by atoms with E-state index in [0.29, 0.717) is 5.56 Å². The number of hydrogen-bond donors (Lipinski definition) is 3. The Labute approximate surface area is 201 Å². The Morgan fingerprint density at radius 3 is 2.06 bits per heavy atom. The molecule has 186 valence electrons. The Hall–Kier alpha value is -4.26. The molecular weight excluding hydrogens is 480 g/mol. The van der Waals surface area contributed by atoms with E-state index in [4.69, 9.17) is 0 Å². The number of sulfone groups is 1. The number of aliphatic imine (C=N–C) groups is 1. The molecule has 0 saturated carbocycles. The predicted octanol–water partition coefficient (Wildman–Crippen LogP) is 2.96. The summed E-state index contributed by atoms with van der Waals surface area (Å²) in [4.78, 5) is 50.1. The first-order valence-corrected chi connectivity index (χ1v) is 11.6. The van der Waals surface area contributed by atoms with Crippen molar-refractivity contribution < 1.29 is 37.1 Å². The third kappa shape index (κ3) is 7.11. The quantitative estimate of drug-likeness (QED) is 0.304. The second kappa shape index (κ2) is 11.7. The monoisotopic (exact) mass is 504 g/mol.